The second kappa shape index (κ2) is 11.2. The van der Waals surface area contributed by atoms with Crippen LogP contribution in [-0.4, -0.2) is 50.2 Å². The van der Waals surface area contributed by atoms with Crippen LogP contribution in [0.5, 0.6) is 0 Å². The average molecular weight is 520 g/mol. The third kappa shape index (κ3) is 4.87. The molecule has 1 saturated heterocycles. The standard InChI is InChI=1S/C31H29N5O3/c32-20-26-17-10-18-35(26)29(37)28(34-30(38)39)19-27-21-33-22-36(27)31(23-11-4-1-5-12-23,24-13-6-2-7-14-24)25-15-8-3-9-16-25/h1-9,11-16,21-22,26,28,34H,10,17-19H2,(H,38,39). The Balaban J connectivity index is 1.67. The summed E-state index contributed by atoms with van der Waals surface area (Å²) in [5.41, 5.74) is 2.78. The van der Waals surface area contributed by atoms with Crippen molar-refractivity contribution in [2.75, 3.05) is 6.54 Å². The van der Waals surface area contributed by atoms with E-state index in [-0.39, 0.29) is 6.42 Å². The highest BCUT2D eigenvalue weighted by molar-refractivity contribution is 5.86. The van der Waals surface area contributed by atoms with Crippen LogP contribution in [0.25, 0.3) is 0 Å². The fraction of sp³-hybridized carbons (Fsp3) is 0.226. The van der Waals surface area contributed by atoms with Gasteiger partial charge in [-0.15, -0.1) is 0 Å². The highest BCUT2D eigenvalue weighted by Gasteiger charge is 2.41. The second-order valence-corrected chi connectivity index (χ2v) is 9.59. The molecule has 196 valence electrons. The molecular formula is C31H29N5O3. The molecule has 2 atom stereocenters. The van der Waals surface area contributed by atoms with E-state index in [9.17, 15) is 20.0 Å². The zero-order valence-electron chi connectivity index (χ0n) is 21.4. The average Bonchev–Trinajstić information content (AvgIpc) is 3.64. The molecule has 1 aliphatic rings. The van der Waals surface area contributed by atoms with Crippen molar-refractivity contribution in [2.45, 2.75) is 36.9 Å². The van der Waals surface area contributed by atoms with E-state index in [0.29, 0.717) is 25.1 Å². The fourth-order valence-corrected chi connectivity index (χ4v) is 5.65. The number of amides is 2. The zero-order valence-corrected chi connectivity index (χ0v) is 21.4. The Labute approximate surface area is 227 Å². The minimum Gasteiger partial charge on any atom is -0.465 e. The Bertz CT molecular complexity index is 1370. The summed E-state index contributed by atoms with van der Waals surface area (Å²) >= 11 is 0. The van der Waals surface area contributed by atoms with Gasteiger partial charge in [0.25, 0.3) is 0 Å². The summed E-state index contributed by atoms with van der Waals surface area (Å²) < 4.78 is 2.03. The summed E-state index contributed by atoms with van der Waals surface area (Å²) in [5, 5.41) is 21.6. The van der Waals surface area contributed by atoms with Crippen LogP contribution in [0.15, 0.2) is 104 Å². The van der Waals surface area contributed by atoms with Gasteiger partial charge in [-0.2, -0.15) is 5.26 Å². The van der Waals surface area contributed by atoms with Crippen molar-refractivity contribution in [1.82, 2.24) is 19.8 Å². The molecule has 0 spiro atoms. The molecule has 1 fully saturated rings. The Morgan fingerprint density at radius 3 is 2.00 bits per heavy atom. The lowest BCUT2D eigenvalue weighted by atomic mass is 9.76. The lowest BCUT2D eigenvalue weighted by Gasteiger charge is -2.39. The van der Waals surface area contributed by atoms with Crippen LogP contribution < -0.4 is 5.32 Å². The first-order valence-electron chi connectivity index (χ1n) is 12.9. The molecule has 2 unspecified atom stereocenters. The summed E-state index contributed by atoms with van der Waals surface area (Å²) in [7, 11) is 0. The lowest BCUT2D eigenvalue weighted by Crippen LogP contribution is -2.51. The summed E-state index contributed by atoms with van der Waals surface area (Å²) in [6.45, 7) is 0.427. The van der Waals surface area contributed by atoms with Gasteiger partial charge in [0.05, 0.1) is 12.4 Å². The number of imidazole rings is 1. The molecule has 0 bridgehead atoms. The Morgan fingerprint density at radius 2 is 1.51 bits per heavy atom. The van der Waals surface area contributed by atoms with Gasteiger partial charge in [-0.3, -0.25) is 4.79 Å². The molecule has 8 nitrogen and oxygen atoms in total. The predicted octanol–water partition coefficient (Wildman–Crippen LogP) is 4.42. The zero-order chi connectivity index (χ0) is 27.2. The van der Waals surface area contributed by atoms with E-state index in [4.69, 9.17) is 0 Å². The number of rotatable bonds is 8. The molecule has 1 aliphatic heterocycles. The van der Waals surface area contributed by atoms with Crippen molar-refractivity contribution in [2.24, 2.45) is 0 Å². The highest BCUT2D eigenvalue weighted by atomic mass is 16.4. The van der Waals surface area contributed by atoms with Crippen LogP contribution in [0.2, 0.25) is 0 Å². The van der Waals surface area contributed by atoms with Crippen LogP contribution in [0, 0.1) is 11.3 Å². The Hall–Kier alpha value is -4.90. The van der Waals surface area contributed by atoms with E-state index >= 15 is 0 Å². The third-order valence-corrected chi connectivity index (χ3v) is 7.35. The van der Waals surface area contributed by atoms with Gasteiger partial charge in [-0.05, 0) is 29.5 Å². The van der Waals surface area contributed by atoms with E-state index in [1.54, 1.807) is 12.5 Å². The van der Waals surface area contributed by atoms with Crippen molar-refractivity contribution < 1.29 is 14.7 Å². The summed E-state index contributed by atoms with van der Waals surface area (Å²) in [6, 6.07) is 30.7. The number of carbonyl (C=O) groups is 2. The number of carbonyl (C=O) groups excluding carboxylic acids is 1. The molecule has 2 amide bonds. The van der Waals surface area contributed by atoms with Crippen molar-refractivity contribution in [3.05, 3.63) is 126 Å². The van der Waals surface area contributed by atoms with Crippen molar-refractivity contribution in [3.8, 4) is 6.07 Å². The second-order valence-electron chi connectivity index (χ2n) is 9.59. The maximum atomic E-state index is 13.6. The summed E-state index contributed by atoms with van der Waals surface area (Å²) in [6.07, 6.45) is 3.47. The number of carboxylic acid groups (broad SMARTS) is 1. The predicted molar refractivity (Wildman–Crippen MR) is 146 cm³/mol. The largest absolute Gasteiger partial charge is 0.465 e. The molecule has 4 aromatic rings. The van der Waals surface area contributed by atoms with Gasteiger partial charge in [-0.1, -0.05) is 91.0 Å². The number of aromatic nitrogens is 2. The van der Waals surface area contributed by atoms with Crippen LogP contribution >= 0.6 is 0 Å². The molecule has 39 heavy (non-hydrogen) atoms. The number of nitrogens with zero attached hydrogens (tertiary/aromatic N) is 4. The molecule has 2 heterocycles. The third-order valence-electron chi connectivity index (χ3n) is 7.35. The first-order chi connectivity index (χ1) is 19.1. The number of benzene rings is 3. The molecule has 0 radical (unpaired) electrons. The van der Waals surface area contributed by atoms with Gasteiger partial charge in [0, 0.05) is 24.9 Å². The SMILES string of the molecule is N#CC1CCCN1C(=O)C(Cc1cncn1C(c1ccccc1)(c1ccccc1)c1ccccc1)NC(=O)O. The molecular weight excluding hydrogens is 490 g/mol. The maximum Gasteiger partial charge on any atom is 0.405 e. The topological polar surface area (TPSA) is 111 Å². The van der Waals surface area contributed by atoms with E-state index in [2.05, 4.69) is 52.8 Å². The Morgan fingerprint density at radius 1 is 0.974 bits per heavy atom. The molecule has 1 aromatic heterocycles. The minimum absolute atomic E-state index is 0.0635. The van der Waals surface area contributed by atoms with Crippen molar-refractivity contribution in [3.63, 3.8) is 0 Å². The molecule has 5 rings (SSSR count). The lowest BCUT2D eigenvalue weighted by molar-refractivity contribution is -0.133. The van der Waals surface area contributed by atoms with Crippen LogP contribution in [-0.2, 0) is 16.8 Å². The maximum absolute atomic E-state index is 13.6. The van der Waals surface area contributed by atoms with Gasteiger partial charge in [0.2, 0.25) is 5.91 Å². The number of hydrogen-bond acceptors (Lipinski definition) is 4. The highest BCUT2D eigenvalue weighted by Crippen LogP contribution is 2.41. The van der Waals surface area contributed by atoms with Gasteiger partial charge in [0.15, 0.2) is 0 Å². The molecule has 2 N–H and O–H groups in total. The number of likely N-dealkylation sites (tertiary alicyclic amines) is 1. The first-order valence-corrected chi connectivity index (χ1v) is 12.9. The number of nitriles is 1. The first kappa shape index (κ1) is 25.7. The smallest absolute Gasteiger partial charge is 0.405 e. The normalized spacial score (nSPS) is 15.9. The number of nitrogens with one attached hydrogen (secondary N) is 1. The summed E-state index contributed by atoms with van der Waals surface area (Å²) in [5.74, 6) is -0.404. The van der Waals surface area contributed by atoms with Gasteiger partial charge >= 0.3 is 6.09 Å². The monoisotopic (exact) mass is 519 g/mol. The molecule has 0 aliphatic carbocycles. The fourth-order valence-electron chi connectivity index (χ4n) is 5.65. The molecule has 8 heteroatoms. The van der Waals surface area contributed by atoms with Crippen LogP contribution in [0.1, 0.15) is 35.2 Å². The van der Waals surface area contributed by atoms with Crippen molar-refractivity contribution in [1.29, 1.82) is 5.26 Å². The van der Waals surface area contributed by atoms with Crippen molar-refractivity contribution >= 4 is 12.0 Å². The Kier molecular flexibility index (Phi) is 7.41. The number of hydrogen-bond donors (Lipinski definition) is 2. The quantitative estimate of drug-likeness (QED) is 0.335. The van der Waals surface area contributed by atoms with E-state index in [1.165, 1.54) is 4.90 Å². The van der Waals surface area contributed by atoms with E-state index in [1.807, 2.05) is 59.2 Å². The van der Waals surface area contributed by atoms with Crippen LogP contribution in [0.4, 0.5) is 4.79 Å². The molecule has 0 saturated carbocycles. The van der Waals surface area contributed by atoms with Crippen LogP contribution in [0.3, 0.4) is 0 Å². The summed E-state index contributed by atoms with van der Waals surface area (Å²) in [4.78, 5) is 31.3. The minimum atomic E-state index is -1.30. The van der Waals surface area contributed by atoms with Gasteiger partial charge < -0.3 is 19.9 Å². The van der Waals surface area contributed by atoms with E-state index < -0.39 is 29.6 Å². The van der Waals surface area contributed by atoms with E-state index in [0.717, 1.165) is 16.7 Å². The van der Waals surface area contributed by atoms with Gasteiger partial charge in [0.1, 0.15) is 17.6 Å². The van der Waals surface area contributed by atoms with Gasteiger partial charge in [-0.25, -0.2) is 9.78 Å². The molecule has 3 aromatic carbocycles.